The summed E-state index contributed by atoms with van der Waals surface area (Å²) in [5.41, 5.74) is 2.53. The zero-order chi connectivity index (χ0) is 13.8. The lowest BCUT2D eigenvalue weighted by Gasteiger charge is -2.19. The maximum Gasteiger partial charge on any atom is 0.115 e. The molecule has 0 spiro atoms. The number of nitrogens with one attached hydrogen (secondary N) is 1. The molecule has 102 valence electrons. The number of para-hydroxylation sites is 1. The highest BCUT2D eigenvalue weighted by molar-refractivity contribution is 5.44. The number of hydrogen-bond donors (Lipinski definition) is 1. The van der Waals surface area contributed by atoms with Crippen molar-refractivity contribution in [2.45, 2.75) is 39.7 Å². The highest BCUT2D eigenvalue weighted by Crippen LogP contribution is 2.24. The Bertz CT molecular complexity index is 528. The summed E-state index contributed by atoms with van der Waals surface area (Å²) in [6.45, 7) is 9.66. The van der Waals surface area contributed by atoms with Crippen LogP contribution in [0.3, 0.4) is 0 Å². The molecule has 0 saturated carbocycles. The molecule has 0 aliphatic carbocycles. The molecule has 0 amide bonds. The molecule has 0 radical (unpaired) electrons. The molecule has 0 bridgehead atoms. The third-order valence-electron chi connectivity index (χ3n) is 3.36. The molecule has 3 nitrogen and oxygen atoms in total. The molecule has 19 heavy (non-hydrogen) atoms. The van der Waals surface area contributed by atoms with Crippen molar-refractivity contribution < 1.29 is 0 Å². The van der Waals surface area contributed by atoms with E-state index in [9.17, 15) is 0 Å². The average molecular weight is 257 g/mol. The lowest BCUT2D eigenvalue weighted by molar-refractivity contribution is 0.593. The Hall–Kier alpha value is -1.61. The van der Waals surface area contributed by atoms with E-state index >= 15 is 0 Å². The van der Waals surface area contributed by atoms with Crippen molar-refractivity contribution >= 4 is 0 Å². The molecule has 1 N–H and O–H groups in total. The van der Waals surface area contributed by atoms with Crippen molar-refractivity contribution in [1.82, 2.24) is 14.9 Å². The molecule has 2 rings (SSSR count). The molecule has 0 fully saturated rings. The fourth-order valence-corrected chi connectivity index (χ4v) is 2.44. The number of hydrogen-bond acceptors (Lipinski definition) is 2. The van der Waals surface area contributed by atoms with Gasteiger partial charge in [0.05, 0.1) is 5.69 Å². The Morgan fingerprint density at radius 1 is 1.21 bits per heavy atom. The molecular formula is C16H23N3. The summed E-state index contributed by atoms with van der Waals surface area (Å²) in [4.78, 5) is 4.48. The van der Waals surface area contributed by atoms with Crippen LogP contribution in [0.5, 0.6) is 0 Å². The third-order valence-corrected chi connectivity index (χ3v) is 3.36. The molecule has 2 aromatic rings. The van der Waals surface area contributed by atoms with Gasteiger partial charge in [-0.2, -0.15) is 0 Å². The minimum absolute atomic E-state index is 0.337. The fourth-order valence-electron chi connectivity index (χ4n) is 2.44. The second-order valence-electron chi connectivity index (χ2n) is 5.15. The van der Waals surface area contributed by atoms with Crippen molar-refractivity contribution in [3.8, 4) is 5.69 Å². The summed E-state index contributed by atoms with van der Waals surface area (Å²) in [5.74, 6) is 1.52. The first kappa shape index (κ1) is 13.8. The van der Waals surface area contributed by atoms with E-state index in [0.717, 1.165) is 12.4 Å². The van der Waals surface area contributed by atoms with Crippen LogP contribution in [0.2, 0.25) is 0 Å². The summed E-state index contributed by atoms with van der Waals surface area (Å²) < 4.78 is 2.20. The monoisotopic (exact) mass is 257 g/mol. The highest BCUT2D eigenvalue weighted by atomic mass is 15.1. The number of nitrogens with zero attached hydrogens (tertiary/aromatic N) is 2. The largest absolute Gasteiger partial charge is 0.310 e. The summed E-state index contributed by atoms with van der Waals surface area (Å²) in [5, 5.41) is 3.48. The van der Waals surface area contributed by atoms with Crippen molar-refractivity contribution in [3.05, 3.63) is 48.0 Å². The first-order valence-electron chi connectivity index (χ1n) is 7.01. The molecule has 1 atom stereocenters. The first-order chi connectivity index (χ1) is 9.15. The average Bonchev–Trinajstić information content (AvgIpc) is 2.88. The quantitative estimate of drug-likeness (QED) is 0.885. The second kappa shape index (κ2) is 6.02. The van der Waals surface area contributed by atoms with Crippen LogP contribution in [0.1, 0.15) is 51.0 Å². The van der Waals surface area contributed by atoms with Gasteiger partial charge in [0.2, 0.25) is 0 Å². The van der Waals surface area contributed by atoms with E-state index in [-0.39, 0.29) is 0 Å². The summed E-state index contributed by atoms with van der Waals surface area (Å²) in [6.07, 6.45) is 3.93. The smallest absolute Gasteiger partial charge is 0.115 e. The third kappa shape index (κ3) is 2.87. The molecule has 1 aromatic heterocycles. The summed E-state index contributed by atoms with van der Waals surface area (Å²) in [7, 11) is 0. The van der Waals surface area contributed by atoms with Gasteiger partial charge in [-0.1, -0.05) is 39.0 Å². The van der Waals surface area contributed by atoms with Gasteiger partial charge < -0.3 is 9.88 Å². The van der Waals surface area contributed by atoms with Crippen LogP contribution in [-0.2, 0) is 0 Å². The Morgan fingerprint density at radius 2 is 1.95 bits per heavy atom. The SMILES string of the molecule is CCNC(C)c1ccccc1-n1ccnc1C(C)C. The predicted octanol–water partition coefficient (Wildman–Crippen LogP) is 3.67. The van der Waals surface area contributed by atoms with Gasteiger partial charge in [-0.05, 0) is 25.1 Å². The van der Waals surface area contributed by atoms with Crippen LogP contribution in [0.4, 0.5) is 0 Å². The Balaban J connectivity index is 2.47. The van der Waals surface area contributed by atoms with E-state index in [0.29, 0.717) is 12.0 Å². The fraction of sp³-hybridized carbons (Fsp3) is 0.438. The minimum atomic E-state index is 0.337. The Morgan fingerprint density at radius 3 is 2.63 bits per heavy atom. The summed E-state index contributed by atoms with van der Waals surface area (Å²) in [6, 6.07) is 8.87. The van der Waals surface area contributed by atoms with Gasteiger partial charge in [0.1, 0.15) is 5.82 Å². The topological polar surface area (TPSA) is 29.9 Å². The van der Waals surface area contributed by atoms with E-state index < -0.39 is 0 Å². The maximum atomic E-state index is 4.48. The van der Waals surface area contributed by atoms with Crippen LogP contribution in [0.25, 0.3) is 5.69 Å². The zero-order valence-corrected chi connectivity index (χ0v) is 12.2. The molecule has 1 unspecified atom stereocenters. The van der Waals surface area contributed by atoms with Crippen molar-refractivity contribution in [2.24, 2.45) is 0 Å². The second-order valence-corrected chi connectivity index (χ2v) is 5.15. The number of rotatable bonds is 5. The lowest BCUT2D eigenvalue weighted by atomic mass is 10.1. The molecule has 0 aliphatic rings. The van der Waals surface area contributed by atoms with Gasteiger partial charge in [0.15, 0.2) is 0 Å². The Kier molecular flexibility index (Phi) is 4.38. The number of aromatic nitrogens is 2. The van der Waals surface area contributed by atoms with Gasteiger partial charge >= 0.3 is 0 Å². The minimum Gasteiger partial charge on any atom is -0.310 e. The number of benzene rings is 1. The van der Waals surface area contributed by atoms with Gasteiger partial charge in [-0.3, -0.25) is 0 Å². The maximum absolute atomic E-state index is 4.48. The molecular weight excluding hydrogens is 234 g/mol. The van der Waals surface area contributed by atoms with Crippen LogP contribution in [0.15, 0.2) is 36.7 Å². The van der Waals surface area contributed by atoms with E-state index in [4.69, 9.17) is 0 Å². The van der Waals surface area contributed by atoms with E-state index in [1.807, 2.05) is 12.4 Å². The van der Waals surface area contributed by atoms with E-state index in [1.54, 1.807) is 0 Å². The zero-order valence-electron chi connectivity index (χ0n) is 12.2. The standard InChI is InChI=1S/C16H23N3/c1-5-17-13(4)14-8-6-7-9-15(14)19-11-10-18-16(19)12(2)3/h6-13,17H,5H2,1-4H3. The Labute approximate surface area is 115 Å². The summed E-state index contributed by atoms with van der Waals surface area (Å²) >= 11 is 0. The van der Waals surface area contributed by atoms with E-state index in [1.165, 1.54) is 11.3 Å². The van der Waals surface area contributed by atoms with Gasteiger partial charge in [0, 0.05) is 24.4 Å². The molecule has 1 aromatic carbocycles. The van der Waals surface area contributed by atoms with Crippen LogP contribution >= 0.6 is 0 Å². The van der Waals surface area contributed by atoms with Crippen LogP contribution in [-0.4, -0.2) is 16.1 Å². The van der Waals surface area contributed by atoms with Gasteiger partial charge in [-0.25, -0.2) is 4.98 Å². The van der Waals surface area contributed by atoms with Crippen molar-refractivity contribution in [3.63, 3.8) is 0 Å². The van der Waals surface area contributed by atoms with Crippen molar-refractivity contribution in [1.29, 1.82) is 0 Å². The van der Waals surface area contributed by atoms with Crippen LogP contribution in [0, 0.1) is 0 Å². The van der Waals surface area contributed by atoms with Crippen molar-refractivity contribution in [2.75, 3.05) is 6.54 Å². The molecule has 1 heterocycles. The first-order valence-corrected chi connectivity index (χ1v) is 7.01. The molecule has 0 saturated heterocycles. The van der Waals surface area contributed by atoms with Gasteiger partial charge in [-0.15, -0.1) is 0 Å². The van der Waals surface area contributed by atoms with Gasteiger partial charge in [0.25, 0.3) is 0 Å². The molecule has 0 aliphatic heterocycles. The van der Waals surface area contributed by atoms with Crippen LogP contribution < -0.4 is 5.32 Å². The predicted molar refractivity (Wildman–Crippen MR) is 79.7 cm³/mol. The highest BCUT2D eigenvalue weighted by Gasteiger charge is 2.14. The van der Waals surface area contributed by atoms with E-state index in [2.05, 4.69) is 66.8 Å². The number of imidazole rings is 1. The molecule has 3 heteroatoms. The lowest BCUT2D eigenvalue weighted by Crippen LogP contribution is -2.19. The normalized spacial score (nSPS) is 12.9.